The van der Waals surface area contributed by atoms with E-state index in [2.05, 4.69) is 33.9 Å². The van der Waals surface area contributed by atoms with Crippen molar-refractivity contribution >= 4 is 0 Å². The Morgan fingerprint density at radius 3 is 2.36 bits per heavy atom. The van der Waals surface area contributed by atoms with Crippen LogP contribution >= 0.6 is 0 Å². The van der Waals surface area contributed by atoms with Crippen LogP contribution in [0.4, 0.5) is 0 Å². The molecule has 0 aliphatic rings. The molecule has 0 rings (SSSR count). The van der Waals surface area contributed by atoms with Crippen LogP contribution in [0.25, 0.3) is 0 Å². The molecule has 0 spiro atoms. The normalized spacial score (nSPS) is 14.8. The minimum absolute atomic E-state index is 0.710. The first-order chi connectivity index (χ1) is 6.61. The van der Waals surface area contributed by atoms with Gasteiger partial charge in [0.15, 0.2) is 0 Å². The van der Waals surface area contributed by atoms with E-state index in [0.29, 0.717) is 5.92 Å². The Morgan fingerprint density at radius 2 is 1.93 bits per heavy atom. The van der Waals surface area contributed by atoms with Crippen molar-refractivity contribution in [2.75, 3.05) is 0 Å². The molecule has 0 aliphatic carbocycles. The molecule has 0 N–H and O–H groups in total. The molecule has 0 fully saturated rings. The molecule has 0 saturated heterocycles. The monoisotopic (exact) mass is 194 g/mol. The lowest BCUT2D eigenvalue weighted by Gasteiger charge is -2.18. The smallest absolute Gasteiger partial charge is 0.0206 e. The molecular weight excluding hydrogens is 168 g/mol. The second kappa shape index (κ2) is 7.84. The van der Waals surface area contributed by atoms with Gasteiger partial charge in [-0.15, -0.1) is 6.58 Å². The third kappa shape index (κ3) is 6.01. The van der Waals surface area contributed by atoms with Gasteiger partial charge in [0.1, 0.15) is 0 Å². The summed E-state index contributed by atoms with van der Waals surface area (Å²) >= 11 is 0. The zero-order valence-corrected chi connectivity index (χ0v) is 10.2. The van der Waals surface area contributed by atoms with E-state index in [1.54, 1.807) is 0 Å². The highest BCUT2D eigenvalue weighted by atomic mass is 14.2. The fourth-order valence-corrected chi connectivity index (χ4v) is 1.65. The van der Waals surface area contributed by atoms with Crippen LogP contribution in [0.2, 0.25) is 0 Å². The number of allylic oxidation sites excluding steroid dienone is 2. The van der Waals surface area contributed by atoms with Crippen molar-refractivity contribution in [1.82, 2.24) is 0 Å². The minimum Gasteiger partial charge on any atom is -0.103 e. The molecule has 82 valence electrons. The highest BCUT2D eigenvalue weighted by Gasteiger charge is 2.10. The van der Waals surface area contributed by atoms with Gasteiger partial charge in [-0.05, 0) is 38.0 Å². The Morgan fingerprint density at radius 1 is 1.29 bits per heavy atom. The van der Waals surface area contributed by atoms with Gasteiger partial charge in [0.25, 0.3) is 0 Å². The fourth-order valence-electron chi connectivity index (χ4n) is 1.65. The summed E-state index contributed by atoms with van der Waals surface area (Å²) < 4.78 is 0. The predicted molar refractivity (Wildman–Crippen MR) is 66.4 cm³/mol. The largest absolute Gasteiger partial charge is 0.103 e. The van der Waals surface area contributed by atoms with E-state index in [0.717, 1.165) is 12.3 Å². The molecule has 0 heteroatoms. The summed E-state index contributed by atoms with van der Waals surface area (Å²) in [6, 6.07) is 0. The van der Waals surface area contributed by atoms with Crippen LogP contribution in [0.1, 0.15) is 52.9 Å². The predicted octanol–water partition coefficient (Wildman–Crippen LogP) is 4.97. The molecule has 14 heavy (non-hydrogen) atoms. The average Bonchev–Trinajstić information content (AvgIpc) is 2.16. The highest BCUT2D eigenvalue weighted by Crippen LogP contribution is 2.24. The third-order valence-corrected chi connectivity index (χ3v) is 3.12. The van der Waals surface area contributed by atoms with Gasteiger partial charge >= 0.3 is 0 Å². The van der Waals surface area contributed by atoms with Gasteiger partial charge < -0.3 is 0 Å². The van der Waals surface area contributed by atoms with E-state index in [4.69, 9.17) is 0 Å². The van der Waals surface area contributed by atoms with E-state index in [-0.39, 0.29) is 0 Å². The van der Waals surface area contributed by atoms with Crippen molar-refractivity contribution in [2.45, 2.75) is 52.9 Å². The first-order valence-electron chi connectivity index (χ1n) is 5.88. The number of rotatable bonds is 8. The van der Waals surface area contributed by atoms with Crippen LogP contribution in [-0.4, -0.2) is 0 Å². The second-order valence-electron chi connectivity index (χ2n) is 4.50. The minimum atomic E-state index is 0.710. The SMILES string of the molecule is C=CCCC(CC[C@@H](C)CC)C(=C)C. The zero-order chi connectivity index (χ0) is 11.0. The lowest BCUT2D eigenvalue weighted by molar-refractivity contribution is 0.422. The number of hydrogen-bond donors (Lipinski definition) is 0. The van der Waals surface area contributed by atoms with Gasteiger partial charge in [0.05, 0.1) is 0 Å². The molecule has 0 aromatic heterocycles. The van der Waals surface area contributed by atoms with Crippen molar-refractivity contribution in [3.05, 3.63) is 24.8 Å². The summed E-state index contributed by atoms with van der Waals surface area (Å²) in [5, 5.41) is 0. The summed E-state index contributed by atoms with van der Waals surface area (Å²) in [4.78, 5) is 0. The van der Waals surface area contributed by atoms with Crippen molar-refractivity contribution in [3.8, 4) is 0 Å². The van der Waals surface area contributed by atoms with Crippen LogP contribution in [-0.2, 0) is 0 Å². The van der Waals surface area contributed by atoms with Gasteiger partial charge in [0, 0.05) is 0 Å². The van der Waals surface area contributed by atoms with Gasteiger partial charge in [-0.2, -0.15) is 0 Å². The first kappa shape index (κ1) is 13.5. The molecule has 0 aromatic carbocycles. The Labute approximate surface area is 90.1 Å². The maximum Gasteiger partial charge on any atom is -0.0206 e. The van der Waals surface area contributed by atoms with Crippen LogP contribution < -0.4 is 0 Å². The molecule has 0 amide bonds. The molecule has 2 atom stereocenters. The van der Waals surface area contributed by atoms with Crippen molar-refractivity contribution in [1.29, 1.82) is 0 Å². The van der Waals surface area contributed by atoms with Gasteiger partial charge in [-0.3, -0.25) is 0 Å². The standard InChI is InChI=1S/C14H26/c1-6-8-9-14(12(3)4)11-10-13(5)7-2/h6,13-14H,1,3,7-11H2,2,4-5H3/t13-,14?/m0/s1. The van der Waals surface area contributed by atoms with E-state index < -0.39 is 0 Å². The fraction of sp³-hybridized carbons (Fsp3) is 0.714. The zero-order valence-electron chi connectivity index (χ0n) is 10.2. The maximum absolute atomic E-state index is 4.08. The Hall–Kier alpha value is -0.520. The summed E-state index contributed by atoms with van der Waals surface area (Å²) in [6.45, 7) is 14.6. The quantitative estimate of drug-likeness (QED) is 0.478. The van der Waals surface area contributed by atoms with Crippen molar-refractivity contribution in [2.24, 2.45) is 11.8 Å². The Balaban J connectivity index is 3.84. The van der Waals surface area contributed by atoms with Gasteiger partial charge in [-0.1, -0.05) is 44.9 Å². The molecule has 0 aromatic rings. The molecule has 0 radical (unpaired) electrons. The summed E-state index contributed by atoms with van der Waals surface area (Å²) in [5.74, 6) is 1.57. The lowest BCUT2D eigenvalue weighted by atomic mass is 9.88. The molecule has 1 unspecified atom stereocenters. The van der Waals surface area contributed by atoms with Gasteiger partial charge in [0.2, 0.25) is 0 Å². The topological polar surface area (TPSA) is 0 Å². The maximum atomic E-state index is 4.08. The first-order valence-corrected chi connectivity index (χ1v) is 5.88. The molecule has 0 saturated carbocycles. The van der Waals surface area contributed by atoms with Crippen LogP contribution in [0.5, 0.6) is 0 Å². The molecular formula is C14H26. The van der Waals surface area contributed by atoms with Crippen molar-refractivity contribution < 1.29 is 0 Å². The second-order valence-corrected chi connectivity index (χ2v) is 4.50. The van der Waals surface area contributed by atoms with Crippen LogP contribution in [0.15, 0.2) is 24.8 Å². The lowest BCUT2D eigenvalue weighted by Crippen LogP contribution is -2.04. The summed E-state index contributed by atoms with van der Waals surface area (Å²) in [7, 11) is 0. The van der Waals surface area contributed by atoms with E-state index in [9.17, 15) is 0 Å². The summed E-state index contributed by atoms with van der Waals surface area (Å²) in [5.41, 5.74) is 1.34. The molecule has 0 nitrogen and oxygen atoms in total. The Kier molecular flexibility index (Phi) is 7.55. The molecule has 0 heterocycles. The summed E-state index contributed by atoms with van der Waals surface area (Å²) in [6.07, 6.45) is 8.31. The highest BCUT2D eigenvalue weighted by molar-refractivity contribution is 4.96. The van der Waals surface area contributed by atoms with Crippen molar-refractivity contribution in [3.63, 3.8) is 0 Å². The van der Waals surface area contributed by atoms with Crippen LogP contribution in [0.3, 0.4) is 0 Å². The molecule has 0 bridgehead atoms. The molecule has 0 aliphatic heterocycles. The van der Waals surface area contributed by atoms with E-state index in [1.807, 2.05) is 6.08 Å². The Bertz CT molecular complexity index is 167. The van der Waals surface area contributed by atoms with Crippen LogP contribution in [0, 0.1) is 11.8 Å². The number of hydrogen-bond acceptors (Lipinski definition) is 0. The van der Waals surface area contributed by atoms with Gasteiger partial charge in [-0.25, -0.2) is 0 Å². The third-order valence-electron chi connectivity index (χ3n) is 3.12. The van der Waals surface area contributed by atoms with E-state index in [1.165, 1.54) is 31.3 Å². The average molecular weight is 194 g/mol. The van der Waals surface area contributed by atoms with E-state index >= 15 is 0 Å².